The first kappa shape index (κ1) is 14.3. The highest BCUT2D eigenvalue weighted by Gasteiger charge is 2.28. The van der Waals surface area contributed by atoms with E-state index in [1.807, 2.05) is 4.90 Å². The molecule has 2 heterocycles. The zero-order valence-corrected chi connectivity index (χ0v) is 11.4. The molecule has 0 aromatic carbocycles. The number of piperidine rings is 1. The second kappa shape index (κ2) is 6.89. The summed E-state index contributed by atoms with van der Waals surface area (Å²) in [6.45, 7) is 3.60. The number of amides is 1. The van der Waals surface area contributed by atoms with E-state index in [0.717, 1.165) is 39.0 Å². The number of nitrogens with zero attached hydrogens (tertiary/aromatic N) is 1. The second-order valence-corrected chi connectivity index (χ2v) is 5.84. The van der Waals surface area contributed by atoms with Gasteiger partial charge in [0, 0.05) is 25.9 Å². The smallest absolute Gasteiger partial charge is 0.303 e. The molecule has 2 unspecified atom stereocenters. The van der Waals surface area contributed by atoms with Crippen molar-refractivity contribution >= 4 is 11.9 Å². The Balaban J connectivity index is 1.70. The van der Waals surface area contributed by atoms with Gasteiger partial charge in [-0.1, -0.05) is 0 Å². The standard InChI is InChI=1S/C14H24N2O3/c17-13(8-12-2-1-6-15-9-12)16-7-5-11(10-16)3-4-14(18)19/h11-12,15H,1-10H2,(H,18,19). The van der Waals surface area contributed by atoms with Gasteiger partial charge in [0.2, 0.25) is 5.91 Å². The molecule has 19 heavy (non-hydrogen) atoms. The highest BCUT2D eigenvalue weighted by atomic mass is 16.4. The normalized spacial score (nSPS) is 27.5. The van der Waals surface area contributed by atoms with Gasteiger partial charge in [-0.2, -0.15) is 0 Å². The van der Waals surface area contributed by atoms with Gasteiger partial charge in [-0.15, -0.1) is 0 Å². The Labute approximate surface area is 114 Å². The van der Waals surface area contributed by atoms with Crippen molar-refractivity contribution in [1.29, 1.82) is 0 Å². The van der Waals surface area contributed by atoms with Crippen molar-refractivity contribution in [1.82, 2.24) is 10.2 Å². The van der Waals surface area contributed by atoms with E-state index >= 15 is 0 Å². The van der Waals surface area contributed by atoms with E-state index in [9.17, 15) is 9.59 Å². The van der Waals surface area contributed by atoms with Gasteiger partial charge in [0.1, 0.15) is 0 Å². The molecule has 108 valence electrons. The third kappa shape index (κ3) is 4.49. The van der Waals surface area contributed by atoms with E-state index in [2.05, 4.69) is 5.32 Å². The molecule has 0 bridgehead atoms. The number of nitrogens with one attached hydrogen (secondary N) is 1. The molecule has 2 atom stereocenters. The molecule has 0 saturated carbocycles. The number of carboxylic acid groups (broad SMARTS) is 1. The largest absolute Gasteiger partial charge is 0.481 e. The molecule has 0 aromatic rings. The third-order valence-corrected chi connectivity index (χ3v) is 4.27. The number of hydrogen-bond donors (Lipinski definition) is 2. The van der Waals surface area contributed by atoms with Crippen molar-refractivity contribution in [3.8, 4) is 0 Å². The lowest BCUT2D eigenvalue weighted by Gasteiger charge is -2.25. The molecule has 2 aliphatic rings. The fraction of sp³-hybridized carbons (Fsp3) is 0.857. The Bertz CT molecular complexity index is 327. The summed E-state index contributed by atoms with van der Waals surface area (Å²) in [4.78, 5) is 24.7. The van der Waals surface area contributed by atoms with Crippen LogP contribution in [0.3, 0.4) is 0 Å². The summed E-state index contributed by atoms with van der Waals surface area (Å²) in [6.07, 6.45) is 4.85. The molecule has 5 nitrogen and oxygen atoms in total. The first-order valence-electron chi connectivity index (χ1n) is 7.35. The number of aliphatic carboxylic acids is 1. The Kier molecular flexibility index (Phi) is 5.19. The van der Waals surface area contributed by atoms with Crippen molar-refractivity contribution in [2.75, 3.05) is 26.2 Å². The minimum absolute atomic E-state index is 0.221. The summed E-state index contributed by atoms with van der Waals surface area (Å²) in [5.41, 5.74) is 0. The van der Waals surface area contributed by atoms with Crippen LogP contribution in [0.4, 0.5) is 0 Å². The first-order valence-corrected chi connectivity index (χ1v) is 7.35. The average molecular weight is 268 g/mol. The van der Waals surface area contributed by atoms with Gasteiger partial charge < -0.3 is 15.3 Å². The number of rotatable bonds is 5. The van der Waals surface area contributed by atoms with Crippen molar-refractivity contribution in [2.24, 2.45) is 11.8 Å². The van der Waals surface area contributed by atoms with Gasteiger partial charge in [0.05, 0.1) is 0 Å². The molecule has 0 aromatic heterocycles. The fourth-order valence-electron chi connectivity index (χ4n) is 3.10. The van der Waals surface area contributed by atoms with E-state index in [0.29, 0.717) is 24.7 Å². The maximum atomic E-state index is 12.2. The SMILES string of the molecule is O=C(O)CCC1CCN(C(=O)CC2CCCNC2)C1. The monoisotopic (exact) mass is 268 g/mol. The van der Waals surface area contributed by atoms with E-state index in [1.54, 1.807) is 0 Å². The molecule has 2 N–H and O–H groups in total. The molecule has 0 radical (unpaired) electrons. The van der Waals surface area contributed by atoms with Crippen LogP contribution in [-0.2, 0) is 9.59 Å². The highest BCUT2D eigenvalue weighted by Crippen LogP contribution is 2.23. The maximum Gasteiger partial charge on any atom is 0.303 e. The fourth-order valence-corrected chi connectivity index (χ4v) is 3.10. The summed E-state index contributed by atoms with van der Waals surface area (Å²) in [5.74, 6) is 0.383. The number of likely N-dealkylation sites (tertiary alicyclic amines) is 1. The van der Waals surface area contributed by atoms with Crippen LogP contribution in [-0.4, -0.2) is 48.1 Å². The second-order valence-electron chi connectivity index (χ2n) is 5.84. The summed E-state index contributed by atoms with van der Waals surface area (Å²) in [7, 11) is 0. The van der Waals surface area contributed by atoms with Gasteiger partial charge in [-0.25, -0.2) is 0 Å². The zero-order valence-electron chi connectivity index (χ0n) is 11.4. The van der Waals surface area contributed by atoms with Crippen molar-refractivity contribution in [3.05, 3.63) is 0 Å². The number of hydrogen-bond acceptors (Lipinski definition) is 3. The molecule has 0 aliphatic carbocycles. The van der Waals surface area contributed by atoms with Crippen molar-refractivity contribution in [3.63, 3.8) is 0 Å². The van der Waals surface area contributed by atoms with Gasteiger partial charge in [0.15, 0.2) is 0 Å². The minimum atomic E-state index is -0.738. The van der Waals surface area contributed by atoms with Gasteiger partial charge in [-0.3, -0.25) is 9.59 Å². The molecule has 2 saturated heterocycles. The van der Waals surface area contributed by atoms with Gasteiger partial charge in [-0.05, 0) is 50.6 Å². The van der Waals surface area contributed by atoms with E-state index < -0.39 is 5.97 Å². The molecular formula is C14H24N2O3. The first-order chi connectivity index (χ1) is 9.15. The number of carboxylic acids is 1. The highest BCUT2D eigenvalue weighted by molar-refractivity contribution is 5.76. The van der Waals surface area contributed by atoms with Crippen LogP contribution in [0.15, 0.2) is 0 Å². The minimum Gasteiger partial charge on any atom is -0.481 e. The van der Waals surface area contributed by atoms with Crippen LogP contribution in [0.1, 0.15) is 38.5 Å². The summed E-state index contributed by atoms with van der Waals surface area (Å²) in [6, 6.07) is 0. The quantitative estimate of drug-likeness (QED) is 0.783. The topological polar surface area (TPSA) is 69.6 Å². The van der Waals surface area contributed by atoms with Gasteiger partial charge >= 0.3 is 5.97 Å². The lowest BCUT2D eigenvalue weighted by atomic mass is 9.95. The number of carbonyl (C=O) groups excluding carboxylic acids is 1. The lowest BCUT2D eigenvalue weighted by molar-refractivity contribution is -0.137. The molecule has 2 fully saturated rings. The number of carbonyl (C=O) groups is 2. The van der Waals surface area contributed by atoms with E-state index in [4.69, 9.17) is 5.11 Å². The van der Waals surface area contributed by atoms with Crippen molar-refractivity contribution in [2.45, 2.75) is 38.5 Å². The molecule has 2 aliphatic heterocycles. The molecule has 1 amide bonds. The summed E-state index contributed by atoms with van der Waals surface area (Å²) < 4.78 is 0. The zero-order chi connectivity index (χ0) is 13.7. The Morgan fingerprint density at radius 1 is 1.26 bits per heavy atom. The molecule has 5 heteroatoms. The van der Waals surface area contributed by atoms with E-state index in [1.165, 1.54) is 6.42 Å². The van der Waals surface area contributed by atoms with Crippen LogP contribution < -0.4 is 5.32 Å². The van der Waals surface area contributed by atoms with Gasteiger partial charge in [0.25, 0.3) is 0 Å². The van der Waals surface area contributed by atoms with Crippen LogP contribution in [0, 0.1) is 11.8 Å². The maximum absolute atomic E-state index is 12.2. The Hall–Kier alpha value is -1.10. The Morgan fingerprint density at radius 2 is 2.11 bits per heavy atom. The molecule has 2 rings (SSSR count). The lowest BCUT2D eigenvalue weighted by Crippen LogP contribution is -2.35. The Morgan fingerprint density at radius 3 is 2.79 bits per heavy atom. The average Bonchev–Trinajstić information content (AvgIpc) is 2.86. The third-order valence-electron chi connectivity index (χ3n) is 4.27. The van der Waals surface area contributed by atoms with Crippen LogP contribution in [0.5, 0.6) is 0 Å². The van der Waals surface area contributed by atoms with Crippen molar-refractivity contribution < 1.29 is 14.7 Å². The van der Waals surface area contributed by atoms with Crippen LogP contribution in [0.2, 0.25) is 0 Å². The molecule has 0 spiro atoms. The van der Waals surface area contributed by atoms with Crippen LogP contribution in [0.25, 0.3) is 0 Å². The summed E-state index contributed by atoms with van der Waals surface area (Å²) >= 11 is 0. The predicted molar refractivity (Wildman–Crippen MR) is 71.8 cm³/mol. The summed E-state index contributed by atoms with van der Waals surface area (Å²) in [5, 5.41) is 12.0. The molecular weight excluding hydrogens is 244 g/mol. The predicted octanol–water partition coefficient (Wildman–Crippen LogP) is 1.09. The van der Waals surface area contributed by atoms with Crippen LogP contribution >= 0.6 is 0 Å². The van der Waals surface area contributed by atoms with E-state index in [-0.39, 0.29) is 12.3 Å².